The summed E-state index contributed by atoms with van der Waals surface area (Å²) in [6.45, 7) is 2.55. The van der Waals surface area contributed by atoms with E-state index >= 15 is 0 Å². The van der Waals surface area contributed by atoms with Gasteiger partial charge in [0.25, 0.3) is 0 Å². The molecule has 0 unspecified atom stereocenters. The van der Waals surface area contributed by atoms with E-state index in [9.17, 15) is 0 Å². The summed E-state index contributed by atoms with van der Waals surface area (Å²) in [5, 5.41) is 12.4. The van der Waals surface area contributed by atoms with Gasteiger partial charge in [-0.05, 0) is 6.92 Å². The Bertz CT molecular complexity index is 281. The third-order valence-corrected chi connectivity index (χ3v) is 1.63. The van der Waals surface area contributed by atoms with Gasteiger partial charge in [-0.1, -0.05) is 0 Å². The first kappa shape index (κ1) is 8.75. The lowest BCUT2D eigenvalue weighted by atomic mass is 10.2. The molecule has 0 aliphatic rings. The molecular formula is C8H12N4. The van der Waals surface area contributed by atoms with E-state index in [4.69, 9.17) is 11.0 Å². The van der Waals surface area contributed by atoms with Crippen LogP contribution in [-0.2, 0) is 6.54 Å². The van der Waals surface area contributed by atoms with Crippen LogP contribution in [-0.4, -0.2) is 9.78 Å². The molecule has 0 saturated carbocycles. The highest BCUT2D eigenvalue weighted by Gasteiger charge is 2.01. The summed E-state index contributed by atoms with van der Waals surface area (Å²) in [6.07, 6.45) is 4.10. The van der Waals surface area contributed by atoms with Gasteiger partial charge < -0.3 is 5.73 Å². The Morgan fingerprint density at radius 1 is 1.83 bits per heavy atom. The van der Waals surface area contributed by atoms with E-state index in [0.717, 1.165) is 5.56 Å². The van der Waals surface area contributed by atoms with Crippen LogP contribution < -0.4 is 5.73 Å². The van der Waals surface area contributed by atoms with E-state index in [1.165, 1.54) is 0 Å². The Kier molecular flexibility index (Phi) is 2.83. The van der Waals surface area contributed by atoms with Gasteiger partial charge >= 0.3 is 0 Å². The van der Waals surface area contributed by atoms with Crippen molar-refractivity contribution < 1.29 is 0 Å². The molecule has 0 spiro atoms. The van der Waals surface area contributed by atoms with Gasteiger partial charge in [0.05, 0.1) is 25.2 Å². The molecule has 64 valence electrons. The Morgan fingerprint density at radius 3 is 3.08 bits per heavy atom. The zero-order chi connectivity index (χ0) is 8.97. The number of hydrogen-bond acceptors (Lipinski definition) is 3. The van der Waals surface area contributed by atoms with Crippen molar-refractivity contribution in [2.75, 3.05) is 0 Å². The van der Waals surface area contributed by atoms with Crippen molar-refractivity contribution >= 4 is 0 Å². The molecule has 4 nitrogen and oxygen atoms in total. The van der Waals surface area contributed by atoms with Gasteiger partial charge in [0.15, 0.2) is 0 Å². The van der Waals surface area contributed by atoms with Crippen LogP contribution in [0.3, 0.4) is 0 Å². The number of nitriles is 1. The molecule has 4 heteroatoms. The van der Waals surface area contributed by atoms with E-state index in [-0.39, 0.29) is 6.04 Å². The molecule has 1 atom stereocenters. The van der Waals surface area contributed by atoms with E-state index in [1.54, 1.807) is 10.9 Å². The fourth-order valence-electron chi connectivity index (χ4n) is 0.902. The maximum atomic E-state index is 8.33. The second-order valence-electron chi connectivity index (χ2n) is 2.73. The van der Waals surface area contributed by atoms with Gasteiger partial charge in [-0.15, -0.1) is 0 Å². The Morgan fingerprint density at radius 2 is 2.58 bits per heavy atom. The molecule has 0 radical (unpaired) electrons. The largest absolute Gasteiger partial charge is 0.324 e. The number of nitrogens with two attached hydrogens (primary N) is 1. The van der Waals surface area contributed by atoms with Gasteiger partial charge in [0.2, 0.25) is 0 Å². The zero-order valence-corrected chi connectivity index (χ0v) is 7.07. The van der Waals surface area contributed by atoms with Crippen molar-refractivity contribution in [3.8, 4) is 6.07 Å². The lowest BCUT2D eigenvalue weighted by Gasteiger charge is -1.98. The zero-order valence-electron chi connectivity index (χ0n) is 7.07. The second-order valence-corrected chi connectivity index (χ2v) is 2.73. The van der Waals surface area contributed by atoms with E-state index in [2.05, 4.69) is 11.2 Å². The quantitative estimate of drug-likeness (QED) is 0.719. The van der Waals surface area contributed by atoms with Crippen LogP contribution in [0, 0.1) is 11.3 Å². The molecule has 0 bridgehead atoms. The molecule has 1 aromatic rings. The highest BCUT2D eigenvalue weighted by atomic mass is 15.3. The Balaban J connectivity index is 2.59. The topological polar surface area (TPSA) is 67.6 Å². The number of aromatic nitrogens is 2. The van der Waals surface area contributed by atoms with Crippen molar-refractivity contribution in [1.82, 2.24) is 9.78 Å². The number of nitrogens with zero attached hydrogens (tertiary/aromatic N) is 3. The standard InChI is InChI=1S/C8H12N4/c1-7(10)8-5-11-12(6-8)4-2-3-9/h5-7H,2,4,10H2,1H3/t7-/m1/s1. The molecule has 1 aromatic heterocycles. The van der Waals surface area contributed by atoms with Crippen molar-refractivity contribution in [1.29, 1.82) is 5.26 Å². The second kappa shape index (κ2) is 3.88. The summed E-state index contributed by atoms with van der Waals surface area (Å²) < 4.78 is 1.74. The highest BCUT2D eigenvalue weighted by Crippen LogP contribution is 2.06. The highest BCUT2D eigenvalue weighted by molar-refractivity contribution is 5.08. The number of hydrogen-bond donors (Lipinski definition) is 1. The first-order valence-corrected chi connectivity index (χ1v) is 3.89. The van der Waals surface area contributed by atoms with Crippen LogP contribution in [0.25, 0.3) is 0 Å². The van der Waals surface area contributed by atoms with Crippen LogP contribution in [0.5, 0.6) is 0 Å². The Labute approximate surface area is 71.6 Å². The van der Waals surface area contributed by atoms with Gasteiger partial charge in [-0.2, -0.15) is 10.4 Å². The molecule has 1 heterocycles. The van der Waals surface area contributed by atoms with Crippen LogP contribution >= 0.6 is 0 Å². The summed E-state index contributed by atoms with van der Waals surface area (Å²) in [4.78, 5) is 0. The summed E-state index contributed by atoms with van der Waals surface area (Å²) in [5.74, 6) is 0. The lowest BCUT2D eigenvalue weighted by molar-refractivity contribution is 0.626. The third-order valence-electron chi connectivity index (χ3n) is 1.63. The maximum absolute atomic E-state index is 8.33. The average Bonchev–Trinajstić information content (AvgIpc) is 2.48. The molecule has 0 amide bonds. The van der Waals surface area contributed by atoms with Crippen LogP contribution in [0.2, 0.25) is 0 Å². The van der Waals surface area contributed by atoms with Gasteiger partial charge in [0.1, 0.15) is 0 Å². The van der Waals surface area contributed by atoms with Gasteiger partial charge in [-0.25, -0.2) is 0 Å². The van der Waals surface area contributed by atoms with Crippen LogP contribution in [0.1, 0.15) is 24.9 Å². The predicted molar refractivity (Wildman–Crippen MR) is 45.1 cm³/mol. The number of rotatable bonds is 3. The molecule has 0 fully saturated rings. The van der Waals surface area contributed by atoms with Crippen LogP contribution in [0.15, 0.2) is 12.4 Å². The molecule has 1 rings (SSSR count). The SMILES string of the molecule is C[C@@H](N)c1cnn(CCC#N)c1. The maximum Gasteiger partial charge on any atom is 0.0641 e. The van der Waals surface area contributed by atoms with Gasteiger partial charge in [-0.3, -0.25) is 4.68 Å². The first-order valence-electron chi connectivity index (χ1n) is 3.89. The van der Waals surface area contributed by atoms with Crippen molar-refractivity contribution in [2.24, 2.45) is 5.73 Å². The van der Waals surface area contributed by atoms with Crippen molar-refractivity contribution in [2.45, 2.75) is 25.9 Å². The molecule has 2 N–H and O–H groups in total. The predicted octanol–water partition coefficient (Wildman–Crippen LogP) is 0.816. The van der Waals surface area contributed by atoms with E-state index in [1.807, 2.05) is 13.1 Å². The molecule has 0 aliphatic carbocycles. The minimum Gasteiger partial charge on any atom is -0.324 e. The minimum atomic E-state index is 0.0147. The normalized spacial score (nSPS) is 12.4. The summed E-state index contributed by atoms with van der Waals surface area (Å²) >= 11 is 0. The van der Waals surface area contributed by atoms with Crippen molar-refractivity contribution in [3.63, 3.8) is 0 Å². The summed E-state index contributed by atoms with van der Waals surface area (Å²) in [7, 11) is 0. The third kappa shape index (κ3) is 2.07. The lowest BCUT2D eigenvalue weighted by Crippen LogP contribution is -2.03. The van der Waals surface area contributed by atoms with E-state index in [0.29, 0.717) is 13.0 Å². The fraction of sp³-hybridized carbons (Fsp3) is 0.500. The molecule has 12 heavy (non-hydrogen) atoms. The Hall–Kier alpha value is -1.34. The van der Waals surface area contributed by atoms with Crippen molar-refractivity contribution in [3.05, 3.63) is 18.0 Å². The number of aryl methyl sites for hydroxylation is 1. The minimum absolute atomic E-state index is 0.0147. The van der Waals surface area contributed by atoms with E-state index < -0.39 is 0 Å². The molecule has 0 aromatic carbocycles. The summed E-state index contributed by atoms with van der Waals surface area (Å²) in [6, 6.07) is 2.08. The summed E-state index contributed by atoms with van der Waals surface area (Å²) in [5.41, 5.74) is 6.64. The molecular weight excluding hydrogens is 152 g/mol. The first-order chi connectivity index (χ1) is 5.74. The van der Waals surface area contributed by atoms with Crippen LogP contribution in [0.4, 0.5) is 0 Å². The average molecular weight is 164 g/mol. The monoisotopic (exact) mass is 164 g/mol. The molecule has 0 saturated heterocycles. The van der Waals surface area contributed by atoms with Gasteiger partial charge in [0, 0.05) is 17.8 Å². The molecule has 0 aliphatic heterocycles. The fourth-order valence-corrected chi connectivity index (χ4v) is 0.902. The smallest absolute Gasteiger partial charge is 0.0641 e.